The number of carbonyl (C=O) groups is 1. The van der Waals surface area contributed by atoms with E-state index in [-0.39, 0.29) is 6.54 Å². The molecule has 0 radical (unpaired) electrons. The highest BCUT2D eigenvalue weighted by Gasteiger charge is 2.21. The van der Waals surface area contributed by atoms with Crippen molar-refractivity contribution in [2.24, 2.45) is 0 Å². The summed E-state index contributed by atoms with van der Waals surface area (Å²) in [6.07, 6.45) is 1.05. The van der Waals surface area contributed by atoms with Crippen LogP contribution in [-0.2, 0) is 14.8 Å². The standard InChI is InChI=1S/C17H20ClN3O3S/c1-20(2)15-9-7-14(8-10-15)19-17(22)12-21(25(3,23)24)16-6-4-5-13(18)11-16/h4-11H,12H2,1-3H3,(H,19,22). The quantitative estimate of drug-likeness (QED) is 0.835. The van der Waals surface area contributed by atoms with Gasteiger partial charge in [0.2, 0.25) is 15.9 Å². The lowest BCUT2D eigenvalue weighted by Crippen LogP contribution is -2.37. The van der Waals surface area contributed by atoms with Gasteiger partial charge in [-0.15, -0.1) is 0 Å². The number of nitrogens with zero attached hydrogens (tertiary/aromatic N) is 2. The molecule has 0 saturated heterocycles. The average molecular weight is 382 g/mol. The van der Waals surface area contributed by atoms with E-state index in [1.165, 1.54) is 6.07 Å². The lowest BCUT2D eigenvalue weighted by Gasteiger charge is -2.22. The summed E-state index contributed by atoms with van der Waals surface area (Å²) < 4.78 is 25.1. The van der Waals surface area contributed by atoms with Crippen LogP contribution in [0.5, 0.6) is 0 Å². The molecule has 1 N–H and O–H groups in total. The Morgan fingerprint density at radius 1 is 1.08 bits per heavy atom. The summed E-state index contributed by atoms with van der Waals surface area (Å²) in [6.45, 7) is -0.339. The van der Waals surface area contributed by atoms with Gasteiger partial charge in [-0.25, -0.2) is 8.42 Å². The zero-order valence-electron chi connectivity index (χ0n) is 14.2. The normalized spacial score (nSPS) is 11.0. The number of sulfonamides is 1. The molecule has 2 rings (SSSR count). The third-order valence-electron chi connectivity index (χ3n) is 3.45. The lowest BCUT2D eigenvalue weighted by molar-refractivity contribution is -0.114. The van der Waals surface area contributed by atoms with Gasteiger partial charge in [0.25, 0.3) is 0 Å². The van der Waals surface area contributed by atoms with Crippen molar-refractivity contribution in [1.29, 1.82) is 0 Å². The Labute approximate surface area is 153 Å². The first-order chi connectivity index (χ1) is 11.7. The molecule has 0 heterocycles. The van der Waals surface area contributed by atoms with Gasteiger partial charge in [-0.3, -0.25) is 9.10 Å². The number of halogens is 1. The Hall–Kier alpha value is -2.25. The molecule has 2 aromatic carbocycles. The molecule has 6 nitrogen and oxygen atoms in total. The molecular weight excluding hydrogens is 362 g/mol. The van der Waals surface area contributed by atoms with Gasteiger partial charge in [-0.2, -0.15) is 0 Å². The molecule has 0 aliphatic rings. The summed E-state index contributed by atoms with van der Waals surface area (Å²) in [5, 5.41) is 3.09. The van der Waals surface area contributed by atoms with Crippen LogP contribution in [-0.4, -0.2) is 41.2 Å². The van der Waals surface area contributed by atoms with Gasteiger partial charge in [-0.1, -0.05) is 17.7 Å². The van der Waals surface area contributed by atoms with Crippen LogP contribution < -0.4 is 14.5 Å². The maximum absolute atomic E-state index is 12.3. The Balaban J connectivity index is 2.15. The van der Waals surface area contributed by atoms with Crippen molar-refractivity contribution in [3.8, 4) is 0 Å². The lowest BCUT2D eigenvalue weighted by atomic mass is 10.2. The molecule has 0 aliphatic heterocycles. The molecule has 0 aliphatic carbocycles. The summed E-state index contributed by atoms with van der Waals surface area (Å²) in [4.78, 5) is 14.2. The number of benzene rings is 2. The molecule has 0 unspecified atom stereocenters. The molecule has 0 bridgehead atoms. The number of amides is 1. The van der Waals surface area contributed by atoms with E-state index in [1.807, 2.05) is 31.1 Å². The first-order valence-corrected chi connectivity index (χ1v) is 9.70. The van der Waals surface area contributed by atoms with E-state index >= 15 is 0 Å². The first kappa shape index (κ1) is 19.1. The Morgan fingerprint density at radius 2 is 1.72 bits per heavy atom. The predicted octanol–water partition coefficient (Wildman–Crippen LogP) is 2.81. The van der Waals surface area contributed by atoms with Crippen LogP contribution in [0.2, 0.25) is 5.02 Å². The second-order valence-corrected chi connectivity index (χ2v) is 8.08. The van der Waals surface area contributed by atoms with Crippen molar-refractivity contribution in [3.05, 3.63) is 53.6 Å². The predicted molar refractivity (Wildman–Crippen MR) is 103 cm³/mol. The summed E-state index contributed by atoms with van der Waals surface area (Å²) in [5.74, 6) is -0.442. The van der Waals surface area contributed by atoms with Crippen molar-refractivity contribution in [2.75, 3.05) is 41.4 Å². The Kier molecular flexibility index (Phi) is 5.92. The fraction of sp³-hybridized carbons (Fsp3) is 0.235. The van der Waals surface area contributed by atoms with Gasteiger partial charge in [0.05, 0.1) is 11.9 Å². The van der Waals surface area contributed by atoms with Crippen LogP contribution in [0.25, 0.3) is 0 Å². The maximum Gasteiger partial charge on any atom is 0.245 e. The van der Waals surface area contributed by atoms with Crippen molar-refractivity contribution < 1.29 is 13.2 Å². The molecule has 0 fully saturated rings. The van der Waals surface area contributed by atoms with Crippen molar-refractivity contribution in [1.82, 2.24) is 0 Å². The van der Waals surface area contributed by atoms with Crippen LogP contribution in [0.1, 0.15) is 0 Å². The maximum atomic E-state index is 12.3. The van der Waals surface area contributed by atoms with Crippen LogP contribution in [0, 0.1) is 0 Å². The number of rotatable bonds is 6. The fourth-order valence-corrected chi connectivity index (χ4v) is 3.24. The molecule has 0 spiro atoms. The van der Waals surface area contributed by atoms with Gasteiger partial charge in [0.1, 0.15) is 6.54 Å². The number of hydrogen-bond acceptors (Lipinski definition) is 4. The molecule has 0 atom stereocenters. The van der Waals surface area contributed by atoms with E-state index in [9.17, 15) is 13.2 Å². The number of hydrogen-bond donors (Lipinski definition) is 1. The minimum Gasteiger partial charge on any atom is -0.378 e. The largest absolute Gasteiger partial charge is 0.378 e. The molecule has 134 valence electrons. The van der Waals surface area contributed by atoms with Gasteiger partial charge >= 0.3 is 0 Å². The van der Waals surface area contributed by atoms with Crippen LogP contribution in [0.15, 0.2) is 48.5 Å². The average Bonchev–Trinajstić information content (AvgIpc) is 2.52. The number of anilines is 3. The minimum absolute atomic E-state index is 0.339. The number of nitrogens with one attached hydrogen (secondary N) is 1. The van der Waals surface area contributed by atoms with Crippen LogP contribution in [0.4, 0.5) is 17.1 Å². The second kappa shape index (κ2) is 7.76. The molecule has 0 aromatic heterocycles. The van der Waals surface area contributed by atoms with E-state index in [1.54, 1.807) is 30.3 Å². The van der Waals surface area contributed by atoms with Gasteiger partial charge in [0, 0.05) is 30.5 Å². The van der Waals surface area contributed by atoms with E-state index in [2.05, 4.69) is 5.32 Å². The second-order valence-electron chi connectivity index (χ2n) is 5.74. The molecule has 0 saturated carbocycles. The highest BCUT2D eigenvalue weighted by molar-refractivity contribution is 7.92. The zero-order valence-corrected chi connectivity index (χ0v) is 15.8. The summed E-state index contributed by atoms with van der Waals surface area (Å²) in [6, 6.07) is 13.6. The zero-order chi connectivity index (χ0) is 18.6. The fourth-order valence-electron chi connectivity index (χ4n) is 2.21. The van der Waals surface area contributed by atoms with Gasteiger partial charge in [-0.05, 0) is 42.5 Å². The Morgan fingerprint density at radius 3 is 2.24 bits per heavy atom. The van der Waals surface area contributed by atoms with Crippen molar-refractivity contribution in [3.63, 3.8) is 0 Å². The third-order valence-corrected chi connectivity index (χ3v) is 4.83. The highest BCUT2D eigenvalue weighted by Crippen LogP contribution is 2.22. The minimum atomic E-state index is -3.63. The molecule has 2 aromatic rings. The van der Waals surface area contributed by atoms with Crippen molar-refractivity contribution in [2.45, 2.75) is 0 Å². The Bertz CT molecular complexity index is 852. The van der Waals surface area contributed by atoms with Crippen molar-refractivity contribution >= 4 is 44.6 Å². The summed E-state index contributed by atoms with van der Waals surface area (Å²) in [7, 11) is 0.206. The van der Waals surface area contributed by atoms with Gasteiger partial charge < -0.3 is 10.2 Å². The summed E-state index contributed by atoms with van der Waals surface area (Å²) in [5.41, 5.74) is 1.93. The van der Waals surface area contributed by atoms with E-state index in [0.717, 1.165) is 16.2 Å². The molecule has 8 heteroatoms. The van der Waals surface area contributed by atoms with Gasteiger partial charge in [0.15, 0.2) is 0 Å². The van der Waals surface area contributed by atoms with E-state index in [4.69, 9.17) is 11.6 Å². The van der Waals surface area contributed by atoms with E-state index < -0.39 is 15.9 Å². The first-order valence-electron chi connectivity index (χ1n) is 7.47. The summed E-state index contributed by atoms with van der Waals surface area (Å²) >= 11 is 5.92. The monoisotopic (exact) mass is 381 g/mol. The highest BCUT2D eigenvalue weighted by atomic mass is 35.5. The smallest absolute Gasteiger partial charge is 0.245 e. The van der Waals surface area contributed by atoms with Crippen LogP contribution in [0.3, 0.4) is 0 Å². The SMILES string of the molecule is CN(C)c1ccc(NC(=O)CN(c2cccc(Cl)c2)S(C)(=O)=O)cc1. The molecule has 25 heavy (non-hydrogen) atoms. The third kappa shape index (κ3) is 5.37. The van der Waals surface area contributed by atoms with E-state index in [0.29, 0.717) is 16.4 Å². The molecule has 1 amide bonds. The number of carbonyl (C=O) groups excluding carboxylic acids is 1. The van der Waals surface area contributed by atoms with Crippen LogP contribution >= 0.6 is 11.6 Å². The molecular formula is C17H20ClN3O3S. The topological polar surface area (TPSA) is 69.7 Å².